The maximum atomic E-state index is 13.5. The number of ether oxygens (including phenoxy) is 1. The molecule has 7 nitrogen and oxygen atoms in total. The summed E-state index contributed by atoms with van der Waals surface area (Å²) < 4.78 is 7.21. The van der Waals surface area contributed by atoms with Gasteiger partial charge in [-0.1, -0.05) is 48.0 Å². The maximum Gasteiger partial charge on any atom is 0.251 e. The number of amides is 2. The van der Waals surface area contributed by atoms with Gasteiger partial charge >= 0.3 is 0 Å². The molecule has 2 atom stereocenters. The van der Waals surface area contributed by atoms with Crippen LogP contribution in [-0.4, -0.2) is 34.7 Å². The third-order valence-electron chi connectivity index (χ3n) is 6.33. The number of benzene rings is 3. The van der Waals surface area contributed by atoms with Crippen LogP contribution >= 0.6 is 0 Å². The van der Waals surface area contributed by atoms with Gasteiger partial charge in [0.05, 0.1) is 18.5 Å². The lowest BCUT2D eigenvalue weighted by Gasteiger charge is -2.33. The molecule has 7 heteroatoms. The van der Waals surface area contributed by atoms with Gasteiger partial charge in [-0.05, 0) is 55.8 Å². The topological polar surface area (TPSA) is 85.2 Å². The Labute approximate surface area is 203 Å². The van der Waals surface area contributed by atoms with Gasteiger partial charge in [-0.3, -0.25) is 9.59 Å². The summed E-state index contributed by atoms with van der Waals surface area (Å²) in [6.45, 7) is 3.94. The van der Waals surface area contributed by atoms with Crippen LogP contribution in [0.3, 0.4) is 0 Å². The highest BCUT2D eigenvalue weighted by Gasteiger charge is 2.42. The van der Waals surface area contributed by atoms with Crippen LogP contribution in [0.2, 0.25) is 0 Å². The lowest BCUT2D eigenvalue weighted by Crippen LogP contribution is -2.50. The van der Waals surface area contributed by atoms with Crippen LogP contribution in [0, 0.1) is 13.8 Å². The van der Waals surface area contributed by atoms with Crippen molar-refractivity contribution in [3.05, 3.63) is 107 Å². The number of hydrogen-bond acceptors (Lipinski definition) is 4. The molecule has 0 unspecified atom stereocenters. The Morgan fingerprint density at radius 1 is 1.00 bits per heavy atom. The molecule has 4 aromatic rings. The van der Waals surface area contributed by atoms with E-state index in [1.165, 1.54) is 0 Å². The smallest absolute Gasteiger partial charge is 0.251 e. The van der Waals surface area contributed by atoms with E-state index in [2.05, 4.69) is 10.6 Å². The Balaban J connectivity index is 1.64. The minimum absolute atomic E-state index is 0.303. The van der Waals surface area contributed by atoms with E-state index in [1.54, 1.807) is 36.1 Å². The molecule has 0 radical (unpaired) electrons. The van der Waals surface area contributed by atoms with E-state index in [0.29, 0.717) is 17.1 Å². The predicted octanol–water partition coefficient (Wildman–Crippen LogP) is 4.38. The van der Waals surface area contributed by atoms with E-state index in [9.17, 15) is 9.59 Å². The first-order valence-corrected chi connectivity index (χ1v) is 11.4. The van der Waals surface area contributed by atoms with Gasteiger partial charge < -0.3 is 15.4 Å². The molecule has 1 aromatic heterocycles. The van der Waals surface area contributed by atoms with Gasteiger partial charge in [-0.2, -0.15) is 5.10 Å². The van der Waals surface area contributed by atoms with Crippen LogP contribution in [0.1, 0.15) is 38.7 Å². The molecule has 1 aliphatic heterocycles. The SMILES string of the molecule is COc1cccc([C@@H]2c3c(C)nn(-c4ccc(C)cc4)c3NC(=O)[C@@H]2NC(=O)c2ccccc2)c1. The van der Waals surface area contributed by atoms with Gasteiger partial charge in [0.1, 0.15) is 17.6 Å². The largest absolute Gasteiger partial charge is 0.497 e. The molecule has 0 fully saturated rings. The van der Waals surface area contributed by atoms with Crippen molar-refractivity contribution in [3.63, 3.8) is 0 Å². The van der Waals surface area contributed by atoms with Gasteiger partial charge in [0.2, 0.25) is 5.91 Å². The zero-order valence-electron chi connectivity index (χ0n) is 19.8. The predicted molar refractivity (Wildman–Crippen MR) is 134 cm³/mol. The van der Waals surface area contributed by atoms with Gasteiger partial charge in [0, 0.05) is 17.0 Å². The van der Waals surface area contributed by atoms with Crippen molar-refractivity contribution in [3.8, 4) is 11.4 Å². The average molecular weight is 467 g/mol. The minimum Gasteiger partial charge on any atom is -0.497 e. The molecule has 1 aliphatic rings. The van der Waals surface area contributed by atoms with E-state index in [0.717, 1.165) is 28.1 Å². The first-order valence-electron chi connectivity index (χ1n) is 11.4. The third kappa shape index (κ3) is 4.17. The molecule has 0 aliphatic carbocycles. The number of nitrogens with zero attached hydrogens (tertiary/aromatic N) is 2. The number of aryl methyl sites for hydroxylation is 2. The zero-order valence-corrected chi connectivity index (χ0v) is 19.8. The molecular weight excluding hydrogens is 440 g/mol. The number of nitrogens with one attached hydrogen (secondary N) is 2. The van der Waals surface area contributed by atoms with E-state index < -0.39 is 12.0 Å². The fourth-order valence-corrected chi connectivity index (χ4v) is 4.57. The fraction of sp³-hybridized carbons (Fsp3) is 0.179. The zero-order chi connectivity index (χ0) is 24.5. The van der Waals surface area contributed by atoms with Crippen LogP contribution in [0.25, 0.3) is 5.69 Å². The number of carbonyl (C=O) groups excluding carboxylic acids is 2. The van der Waals surface area contributed by atoms with Crippen molar-refractivity contribution >= 4 is 17.6 Å². The van der Waals surface area contributed by atoms with E-state index >= 15 is 0 Å². The van der Waals surface area contributed by atoms with Crippen molar-refractivity contribution in [1.29, 1.82) is 0 Å². The normalized spacial score (nSPS) is 16.8. The summed E-state index contributed by atoms with van der Waals surface area (Å²) in [5, 5.41) is 10.8. The molecule has 0 saturated carbocycles. The van der Waals surface area contributed by atoms with Crippen molar-refractivity contribution in [2.45, 2.75) is 25.8 Å². The molecule has 0 bridgehead atoms. The highest BCUT2D eigenvalue weighted by Crippen LogP contribution is 2.41. The molecule has 5 rings (SSSR count). The summed E-state index contributed by atoms with van der Waals surface area (Å²) >= 11 is 0. The van der Waals surface area contributed by atoms with E-state index in [1.807, 2.05) is 68.4 Å². The van der Waals surface area contributed by atoms with Gasteiger partial charge in [0.25, 0.3) is 5.91 Å². The molecule has 2 heterocycles. The highest BCUT2D eigenvalue weighted by molar-refractivity contribution is 6.04. The second-order valence-corrected chi connectivity index (χ2v) is 8.66. The van der Waals surface area contributed by atoms with E-state index in [-0.39, 0.29) is 11.8 Å². The van der Waals surface area contributed by atoms with Crippen molar-refractivity contribution < 1.29 is 14.3 Å². The van der Waals surface area contributed by atoms with Crippen LogP contribution < -0.4 is 15.4 Å². The number of hydrogen-bond donors (Lipinski definition) is 2. The summed E-state index contributed by atoms with van der Waals surface area (Å²) in [6, 6.07) is 23.6. The second kappa shape index (κ2) is 9.10. The molecule has 0 spiro atoms. The van der Waals surface area contributed by atoms with Gasteiger partial charge in [-0.15, -0.1) is 0 Å². The highest BCUT2D eigenvalue weighted by atomic mass is 16.5. The number of anilines is 1. The molecule has 176 valence electrons. The molecule has 35 heavy (non-hydrogen) atoms. The Morgan fingerprint density at radius 2 is 1.74 bits per heavy atom. The summed E-state index contributed by atoms with van der Waals surface area (Å²) in [7, 11) is 1.60. The average Bonchev–Trinajstić information content (AvgIpc) is 3.20. The third-order valence-corrected chi connectivity index (χ3v) is 6.33. The number of carbonyl (C=O) groups is 2. The lowest BCUT2D eigenvalue weighted by molar-refractivity contribution is -0.118. The van der Waals surface area contributed by atoms with Crippen molar-refractivity contribution in [2.75, 3.05) is 12.4 Å². The number of aromatic nitrogens is 2. The Hall–Kier alpha value is -4.39. The first kappa shape index (κ1) is 22.4. The molecule has 0 saturated heterocycles. The Morgan fingerprint density at radius 3 is 2.46 bits per heavy atom. The monoisotopic (exact) mass is 466 g/mol. The minimum atomic E-state index is -0.836. The molecular formula is C28H26N4O3. The Bertz CT molecular complexity index is 1390. The molecule has 2 N–H and O–H groups in total. The van der Waals surface area contributed by atoms with E-state index in [4.69, 9.17) is 9.84 Å². The van der Waals surface area contributed by atoms with Crippen LogP contribution in [-0.2, 0) is 4.79 Å². The Kier molecular flexibility index (Phi) is 5.82. The number of rotatable bonds is 5. The van der Waals surface area contributed by atoms with Crippen molar-refractivity contribution in [1.82, 2.24) is 15.1 Å². The molecule has 3 aromatic carbocycles. The summed E-state index contributed by atoms with van der Waals surface area (Å²) in [5.74, 6) is 0.204. The molecule has 2 amide bonds. The van der Waals surface area contributed by atoms with Gasteiger partial charge in [-0.25, -0.2) is 4.68 Å². The quantitative estimate of drug-likeness (QED) is 0.457. The van der Waals surface area contributed by atoms with Crippen LogP contribution in [0.5, 0.6) is 5.75 Å². The maximum absolute atomic E-state index is 13.5. The standard InChI is InChI=1S/C28H26N4O3/c1-17-12-14-21(15-13-17)32-26-23(18(2)31-32)24(20-10-7-11-22(16-20)35-3)25(28(34)30-26)29-27(33)19-8-5-4-6-9-19/h4-16,24-25H,1-3H3,(H,29,33)(H,30,34)/t24-,25-/m1/s1. The summed E-state index contributed by atoms with van der Waals surface area (Å²) in [5.41, 5.74) is 4.95. The number of fused-ring (bicyclic) bond motifs is 1. The fourth-order valence-electron chi connectivity index (χ4n) is 4.57. The first-order chi connectivity index (χ1) is 17.0. The summed E-state index contributed by atoms with van der Waals surface area (Å²) in [6.07, 6.45) is 0. The summed E-state index contributed by atoms with van der Waals surface area (Å²) in [4.78, 5) is 26.6. The van der Waals surface area contributed by atoms with Crippen molar-refractivity contribution in [2.24, 2.45) is 0 Å². The lowest BCUT2D eigenvalue weighted by atomic mass is 9.81. The number of methoxy groups -OCH3 is 1. The van der Waals surface area contributed by atoms with Crippen LogP contribution in [0.15, 0.2) is 78.9 Å². The second-order valence-electron chi connectivity index (χ2n) is 8.66. The van der Waals surface area contributed by atoms with Crippen LogP contribution in [0.4, 0.5) is 5.82 Å². The van der Waals surface area contributed by atoms with Gasteiger partial charge in [0.15, 0.2) is 0 Å².